The zero-order chi connectivity index (χ0) is 12.3. The van der Waals surface area contributed by atoms with Crippen molar-refractivity contribution in [2.24, 2.45) is 0 Å². The summed E-state index contributed by atoms with van der Waals surface area (Å²) in [6, 6.07) is 2.59. The van der Waals surface area contributed by atoms with Crippen LogP contribution in [-0.4, -0.2) is 34.0 Å². The Balaban J connectivity index is 2.14. The Labute approximate surface area is 101 Å². The number of pyridine rings is 1. The highest BCUT2D eigenvalue weighted by Crippen LogP contribution is 2.12. The topological polar surface area (TPSA) is 114 Å². The number of hydrogen-bond acceptors (Lipinski definition) is 6. The fraction of sp³-hybridized carbons (Fsp3) is 0.143. The summed E-state index contributed by atoms with van der Waals surface area (Å²) in [6.45, 7) is -0.0568. The van der Waals surface area contributed by atoms with E-state index in [-0.39, 0.29) is 22.4 Å². The molecule has 0 unspecified atom stereocenters. The number of nitrogens with zero attached hydrogens (tertiary/aromatic N) is 4. The van der Waals surface area contributed by atoms with Gasteiger partial charge in [-0.2, -0.15) is 5.21 Å². The monoisotopic (exact) mass is 274 g/mol. The van der Waals surface area contributed by atoms with Gasteiger partial charge in [0.05, 0.1) is 11.4 Å². The lowest BCUT2D eigenvalue weighted by atomic mass is 10.5. The Morgan fingerprint density at radius 2 is 2.29 bits per heavy atom. The van der Waals surface area contributed by atoms with Gasteiger partial charge in [0.2, 0.25) is 10.0 Å². The smallest absolute Gasteiger partial charge is 0.241 e. The first-order valence-electron chi connectivity index (χ1n) is 4.41. The molecule has 2 aromatic heterocycles. The largest absolute Gasteiger partial charge is 0.244 e. The third-order valence-electron chi connectivity index (χ3n) is 1.82. The van der Waals surface area contributed by atoms with Crippen molar-refractivity contribution in [1.29, 1.82) is 0 Å². The lowest BCUT2D eigenvalue weighted by Gasteiger charge is -2.04. The third kappa shape index (κ3) is 2.96. The number of rotatable bonds is 4. The molecule has 0 aromatic carbocycles. The van der Waals surface area contributed by atoms with Crippen LogP contribution in [0.25, 0.3) is 0 Å². The summed E-state index contributed by atoms with van der Waals surface area (Å²) in [4.78, 5) is 3.73. The molecule has 2 rings (SSSR count). The van der Waals surface area contributed by atoms with E-state index >= 15 is 0 Å². The predicted octanol–water partition coefficient (Wildman–Crippen LogP) is -0.273. The van der Waals surface area contributed by atoms with Crippen molar-refractivity contribution in [2.75, 3.05) is 0 Å². The van der Waals surface area contributed by atoms with Crippen LogP contribution in [-0.2, 0) is 16.6 Å². The number of sulfonamides is 1. The van der Waals surface area contributed by atoms with Gasteiger partial charge >= 0.3 is 0 Å². The predicted molar refractivity (Wildman–Crippen MR) is 57.5 cm³/mol. The second-order valence-electron chi connectivity index (χ2n) is 2.97. The van der Waals surface area contributed by atoms with Gasteiger partial charge in [0.15, 0.2) is 5.82 Å². The van der Waals surface area contributed by atoms with Gasteiger partial charge in [-0.25, -0.2) is 18.1 Å². The number of hydrogen-bond donors (Lipinski definition) is 2. The molecule has 90 valence electrons. The molecule has 0 atom stereocenters. The number of tetrazole rings is 1. The minimum absolute atomic E-state index is 0.0287. The lowest BCUT2D eigenvalue weighted by molar-refractivity contribution is 0.579. The van der Waals surface area contributed by atoms with E-state index in [0.29, 0.717) is 0 Å². The maximum atomic E-state index is 11.8. The molecule has 0 saturated heterocycles. The molecule has 10 heteroatoms. The van der Waals surface area contributed by atoms with Crippen LogP contribution in [0.4, 0.5) is 0 Å². The summed E-state index contributed by atoms with van der Waals surface area (Å²) < 4.78 is 25.9. The van der Waals surface area contributed by atoms with Crippen LogP contribution >= 0.6 is 11.6 Å². The molecule has 0 fully saturated rings. The zero-order valence-electron chi connectivity index (χ0n) is 8.33. The second kappa shape index (κ2) is 4.73. The molecule has 0 aliphatic carbocycles. The van der Waals surface area contributed by atoms with Crippen LogP contribution in [0.5, 0.6) is 0 Å². The van der Waals surface area contributed by atoms with Crippen molar-refractivity contribution in [2.45, 2.75) is 11.4 Å². The normalized spacial score (nSPS) is 11.6. The average Bonchev–Trinajstić information content (AvgIpc) is 2.79. The first-order chi connectivity index (χ1) is 8.08. The second-order valence-corrected chi connectivity index (χ2v) is 5.12. The third-order valence-corrected chi connectivity index (χ3v) is 3.42. The Hall–Kier alpha value is -1.58. The standard InChI is InChI=1S/C7H7ClN6O2S/c8-6-3-5(1-2-9-6)17(15,16)10-4-7-11-13-14-12-7/h1-3,10H,4H2,(H,11,12,13,14). The van der Waals surface area contributed by atoms with Crippen LogP contribution < -0.4 is 4.72 Å². The molecule has 2 N–H and O–H groups in total. The minimum atomic E-state index is -3.65. The summed E-state index contributed by atoms with van der Waals surface area (Å²) in [5, 5.41) is 12.9. The number of aromatic nitrogens is 5. The molecule has 0 aliphatic rings. The molecule has 0 bridgehead atoms. The van der Waals surface area contributed by atoms with Gasteiger partial charge in [-0.3, -0.25) is 0 Å². The van der Waals surface area contributed by atoms with E-state index in [2.05, 4.69) is 30.3 Å². The van der Waals surface area contributed by atoms with Crippen LogP contribution in [0.1, 0.15) is 5.82 Å². The molecule has 0 amide bonds. The van der Waals surface area contributed by atoms with Crippen LogP contribution in [0.15, 0.2) is 23.2 Å². The van der Waals surface area contributed by atoms with Gasteiger partial charge in [0, 0.05) is 6.20 Å². The number of aromatic amines is 1. The molecule has 2 aromatic rings. The molecule has 0 aliphatic heterocycles. The molecule has 17 heavy (non-hydrogen) atoms. The van der Waals surface area contributed by atoms with Crippen LogP contribution in [0.3, 0.4) is 0 Å². The fourth-order valence-electron chi connectivity index (χ4n) is 1.05. The van der Waals surface area contributed by atoms with Gasteiger partial charge in [-0.05, 0) is 12.1 Å². The fourth-order valence-corrected chi connectivity index (χ4v) is 2.28. The van der Waals surface area contributed by atoms with E-state index in [4.69, 9.17) is 11.6 Å². The first-order valence-corrected chi connectivity index (χ1v) is 6.27. The highest BCUT2D eigenvalue weighted by Gasteiger charge is 2.15. The summed E-state index contributed by atoms with van der Waals surface area (Å²) >= 11 is 5.61. The highest BCUT2D eigenvalue weighted by atomic mass is 35.5. The summed E-state index contributed by atoms with van der Waals surface area (Å²) in [5.74, 6) is 0.244. The summed E-state index contributed by atoms with van der Waals surface area (Å²) in [5.41, 5.74) is 0. The van der Waals surface area contributed by atoms with Crippen LogP contribution in [0.2, 0.25) is 5.15 Å². The summed E-state index contributed by atoms with van der Waals surface area (Å²) in [6.07, 6.45) is 1.31. The number of nitrogens with one attached hydrogen (secondary N) is 2. The summed E-state index contributed by atoms with van der Waals surface area (Å²) in [7, 11) is -3.65. The molecular formula is C7H7ClN6O2S. The van der Waals surface area contributed by atoms with E-state index in [9.17, 15) is 8.42 Å². The van der Waals surface area contributed by atoms with E-state index in [1.807, 2.05) is 0 Å². The van der Waals surface area contributed by atoms with Crippen molar-refractivity contribution in [3.05, 3.63) is 29.3 Å². The van der Waals surface area contributed by atoms with Crippen molar-refractivity contribution in [3.8, 4) is 0 Å². The van der Waals surface area contributed by atoms with Gasteiger partial charge in [0.25, 0.3) is 0 Å². The van der Waals surface area contributed by atoms with Gasteiger partial charge in [-0.1, -0.05) is 16.8 Å². The molecule has 2 heterocycles. The lowest BCUT2D eigenvalue weighted by Crippen LogP contribution is -2.23. The SMILES string of the molecule is O=S(=O)(NCc1nn[nH]n1)c1ccnc(Cl)c1. The quantitative estimate of drug-likeness (QED) is 0.742. The maximum Gasteiger partial charge on any atom is 0.241 e. The molecule has 8 nitrogen and oxygen atoms in total. The Morgan fingerprint density at radius 1 is 1.47 bits per heavy atom. The maximum absolute atomic E-state index is 11.8. The Morgan fingerprint density at radius 3 is 2.94 bits per heavy atom. The Kier molecular flexibility index (Phi) is 3.31. The molecule has 0 saturated carbocycles. The average molecular weight is 275 g/mol. The minimum Gasteiger partial charge on any atom is -0.244 e. The van der Waals surface area contributed by atoms with Crippen molar-refractivity contribution in [1.82, 2.24) is 30.3 Å². The van der Waals surface area contributed by atoms with Gasteiger partial charge in [0.1, 0.15) is 5.15 Å². The van der Waals surface area contributed by atoms with Crippen molar-refractivity contribution in [3.63, 3.8) is 0 Å². The van der Waals surface area contributed by atoms with Crippen molar-refractivity contribution >= 4 is 21.6 Å². The van der Waals surface area contributed by atoms with E-state index in [1.54, 1.807) is 0 Å². The van der Waals surface area contributed by atoms with Gasteiger partial charge < -0.3 is 0 Å². The Bertz CT molecular complexity index is 599. The van der Waals surface area contributed by atoms with E-state index in [1.165, 1.54) is 18.3 Å². The molecule has 0 spiro atoms. The van der Waals surface area contributed by atoms with Crippen molar-refractivity contribution < 1.29 is 8.42 Å². The molecule has 0 radical (unpaired) electrons. The zero-order valence-corrected chi connectivity index (χ0v) is 9.90. The number of H-pyrrole nitrogens is 1. The first kappa shape index (κ1) is 11.9. The van der Waals surface area contributed by atoms with Crippen LogP contribution in [0, 0.1) is 0 Å². The van der Waals surface area contributed by atoms with E-state index < -0.39 is 10.0 Å². The highest BCUT2D eigenvalue weighted by molar-refractivity contribution is 7.89. The van der Waals surface area contributed by atoms with Gasteiger partial charge in [-0.15, -0.1) is 10.2 Å². The molecular weight excluding hydrogens is 268 g/mol. The number of halogens is 1. The van der Waals surface area contributed by atoms with E-state index in [0.717, 1.165) is 0 Å².